The molecule has 0 saturated heterocycles. The molecule has 1 atom stereocenters. The molecule has 0 heterocycles. The maximum atomic E-state index is 12.6. The summed E-state index contributed by atoms with van der Waals surface area (Å²) >= 11 is 0. The minimum atomic E-state index is -0.406. The number of benzene rings is 2. The predicted molar refractivity (Wildman–Crippen MR) is 108 cm³/mol. The van der Waals surface area contributed by atoms with E-state index in [2.05, 4.69) is 19.2 Å². The number of para-hydroxylation sites is 1. The van der Waals surface area contributed by atoms with Gasteiger partial charge >= 0.3 is 0 Å². The Kier molecular flexibility index (Phi) is 7.07. The smallest absolute Gasteiger partial charge is 0.269 e. The molecular formula is C21H27N3O3. The highest BCUT2D eigenvalue weighted by Gasteiger charge is 2.18. The lowest BCUT2D eigenvalue weighted by Gasteiger charge is -2.25. The number of non-ortho nitro benzene ring substituents is 1. The number of carbonyl (C=O) groups excluding carboxylic acids is 1. The normalized spacial score (nSPS) is 12.0. The van der Waals surface area contributed by atoms with Gasteiger partial charge in [-0.2, -0.15) is 0 Å². The average Bonchev–Trinajstić information content (AvgIpc) is 2.67. The maximum Gasteiger partial charge on any atom is 0.269 e. The van der Waals surface area contributed by atoms with Crippen molar-refractivity contribution in [1.82, 2.24) is 4.90 Å². The van der Waals surface area contributed by atoms with Crippen molar-refractivity contribution in [2.75, 3.05) is 18.9 Å². The maximum absolute atomic E-state index is 12.6. The van der Waals surface area contributed by atoms with Crippen LogP contribution in [0.3, 0.4) is 0 Å². The van der Waals surface area contributed by atoms with Gasteiger partial charge in [0.25, 0.3) is 5.69 Å². The molecule has 0 spiro atoms. The molecule has 2 aromatic carbocycles. The van der Waals surface area contributed by atoms with Crippen LogP contribution in [0, 0.1) is 10.1 Å². The van der Waals surface area contributed by atoms with Crippen LogP contribution >= 0.6 is 0 Å². The zero-order valence-electron chi connectivity index (χ0n) is 16.4. The number of nitrogens with zero attached hydrogens (tertiary/aromatic N) is 2. The van der Waals surface area contributed by atoms with Gasteiger partial charge in [-0.3, -0.25) is 19.8 Å². The molecule has 0 aromatic heterocycles. The Bertz CT molecular complexity index is 798. The Balaban J connectivity index is 2.10. The van der Waals surface area contributed by atoms with Gasteiger partial charge in [0.2, 0.25) is 5.91 Å². The summed E-state index contributed by atoms with van der Waals surface area (Å²) in [6.45, 7) is 6.27. The molecule has 2 rings (SSSR count). The first-order valence-corrected chi connectivity index (χ1v) is 9.22. The summed E-state index contributed by atoms with van der Waals surface area (Å²) in [5.41, 5.74) is 4.02. The molecule has 1 N–H and O–H groups in total. The van der Waals surface area contributed by atoms with Gasteiger partial charge in [-0.05, 0) is 43.5 Å². The standard InChI is InChI=1S/C21H27N3O3/c1-5-16-9-7-10-17(6-2)21(16)22-20(25)14-23(4)15(3)18-11-8-12-19(13-18)24(26)27/h7-13,15H,5-6,14H2,1-4H3,(H,22,25). The summed E-state index contributed by atoms with van der Waals surface area (Å²) < 4.78 is 0. The molecule has 0 aliphatic rings. The van der Waals surface area contributed by atoms with Gasteiger partial charge < -0.3 is 5.32 Å². The Morgan fingerprint density at radius 2 is 1.74 bits per heavy atom. The van der Waals surface area contributed by atoms with Crippen molar-refractivity contribution in [3.63, 3.8) is 0 Å². The third kappa shape index (κ3) is 5.14. The van der Waals surface area contributed by atoms with Gasteiger partial charge in [0.15, 0.2) is 0 Å². The van der Waals surface area contributed by atoms with Crippen LogP contribution in [0.1, 0.15) is 43.5 Å². The lowest BCUT2D eigenvalue weighted by Crippen LogP contribution is -2.32. The quantitative estimate of drug-likeness (QED) is 0.554. The fraction of sp³-hybridized carbons (Fsp3) is 0.381. The molecule has 0 radical (unpaired) electrons. The van der Waals surface area contributed by atoms with Crippen LogP contribution < -0.4 is 5.32 Å². The zero-order valence-corrected chi connectivity index (χ0v) is 16.4. The number of hydrogen-bond donors (Lipinski definition) is 1. The van der Waals surface area contributed by atoms with Gasteiger partial charge in [0, 0.05) is 23.9 Å². The van der Waals surface area contributed by atoms with E-state index in [0.29, 0.717) is 0 Å². The molecule has 0 fully saturated rings. The number of rotatable bonds is 8. The minimum absolute atomic E-state index is 0.0571. The number of aryl methyl sites for hydroxylation is 2. The number of carbonyl (C=O) groups is 1. The molecule has 144 valence electrons. The minimum Gasteiger partial charge on any atom is -0.324 e. The zero-order chi connectivity index (χ0) is 20.0. The fourth-order valence-electron chi connectivity index (χ4n) is 3.10. The van der Waals surface area contributed by atoms with E-state index >= 15 is 0 Å². The lowest BCUT2D eigenvalue weighted by molar-refractivity contribution is -0.384. The number of nitrogens with one attached hydrogen (secondary N) is 1. The van der Waals surface area contributed by atoms with Crippen molar-refractivity contribution in [1.29, 1.82) is 0 Å². The molecule has 6 heteroatoms. The largest absolute Gasteiger partial charge is 0.324 e. The van der Waals surface area contributed by atoms with Crippen LogP contribution in [0.4, 0.5) is 11.4 Å². The van der Waals surface area contributed by atoms with Crippen molar-refractivity contribution < 1.29 is 9.72 Å². The van der Waals surface area contributed by atoms with E-state index in [0.717, 1.165) is 35.2 Å². The van der Waals surface area contributed by atoms with Gasteiger partial charge in [0.05, 0.1) is 11.5 Å². The van der Waals surface area contributed by atoms with Crippen molar-refractivity contribution in [2.45, 2.75) is 39.7 Å². The molecule has 1 amide bonds. The number of likely N-dealkylation sites (N-methyl/N-ethyl adjacent to an activating group) is 1. The average molecular weight is 369 g/mol. The van der Waals surface area contributed by atoms with Crippen molar-refractivity contribution in [3.05, 3.63) is 69.3 Å². The summed E-state index contributed by atoms with van der Waals surface area (Å²) in [6, 6.07) is 12.5. The van der Waals surface area contributed by atoms with E-state index in [9.17, 15) is 14.9 Å². The van der Waals surface area contributed by atoms with Gasteiger partial charge in [-0.25, -0.2) is 0 Å². The summed E-state index contributed by atoms with van der Waals surface area (Å²) in [6.07, 6.45) is 1.70. The summed E-state index contributed by atoms with van der Waals surface area (Å²) in [5, 5.41) is 14.0. The number of anilines is 1. The van der Waals surface area contributed by atoms with Crippen LogP contribution in [0.2, 0.25) is 0 Å². The van der Waals surface area contributed by atoms with Crippen LogP contribution in [-0.2, 0) is 17.6 Å². The number of amides is 1. The van der Waals surface area contributed by atoms with Crippen LogP contribution in [0.25, 0.3) is 0 Å². The molecule has 27 heavy (non-hydrogen) atoms. The SMILES string of the molecule is CCc1cccc(CC)c1NC(=O)CN(C)C(C)c1cccc([N+](=O)[O-])c1. The van der Waals surface area contributed by atoms with Crippen molar-refractivity contribution in [3.8, 4) is 0 Å². The molecule has 0 bridgehead atoms. The van der Waals surface area contributed by atoms with Crippen LogP contribution in [0.15, 0.2) is 42.5 Å². The third-order valence-electron chi connectivity index (χ3n) is 4.88. The van der Waals surface area contributed by atoms with E-state index in [1.807, 2.05) is 43.1 Å². The van der Waals surface area contributed by atoms with E-state index in [4.69, 9.17) is 0 Å². The second-order valence-corrected chi connectivity index (χ2v) is 6.65. The molecule has 2 aromatic rings. The second-order valence-electron chi connectivity index (χ2n) is 6.65. The van der Waals surface area contributed by atoms with Crippen molar-refractivity contribution >= 4 is 17.3 Å². The van der Waals surface area contributed by atoms with Crippen LogP contribution in [0.5, 0.6) is 0 Å². The molecule has 0 aliphatic heterocycles. The van der Waals surface area contributed by atoms with Gasteiger partial charge in [0.1, 0.15) is 0 Å². The molecule has 6 nitrogen and oxygen atoms in total. The summed E-state index contributed by atoms with van der Waals surface area (Å²) in [4.78, 5) is 25.1. The number of nitro groups is 1. The molecule has 0 saturated carbocycles. The van der Waals surface area contributed by atoms with Crippen molar-refractivity contribution in [2.24, 2.45) is 0 Å². The number of hydrogen-bond acceptors (Lipinski definition) is 4. The Hall–Kier alpha value is -2.73. The topological polar surface area (TPSA) is 75.5 Å². The Labute approximate surface area is 160 Å². The Morgan fingerprint density at radius 3 is 2.30 bits per heavy atom. The van der Waals surface area contributed by atoms with Gasteiger partial charge in [-0.1, -0.05) is 44.2 Å². The summed E-state index contributed by atoms with van der Waals surface area (Å²) in [7, 11) is 1.84. The molecular weight excluding hydrogens is 342 g/mol. The summed E-state index contributed by atoms with van der Waals surface area (Å²) in [5.74, 6) is -0.0922. The van der Waals surface area contributed by atoms with E-state index in [1.54, 1.807) is 12.1 Å². The highest BCUT2D eigenvalue weighted by molar-refractivity contribution is 5.93. The highest BCUT2D eigenvalue weighted by Crippen LogP contribution is 2.24. The molecule has 1 unspecified atom stereocenters. The lowest BCUT2D eigenvalue weighted by atomic mass is 10.0. The first-order chi connectivity index (χ1) is 12.9. The van der Waals surface area contributed by atoms with E-state index < -0.39 is 4.92 Å². The van der Waals surface area contributed by atoms with E-state index in [-0.39, 0.29) is 24.2 Å². The third-order valence-corrected chi connectivity index (χ3v) is 4.88. The van der Waals surface area contributed by atoms with Gasteiger partial charge in [-0.15, -0.1) is 0 Å². The first kappa shape index (κ1) is 20.6. The Morgan fingerprint density at radius 1 is 1.15 bits per heavy atom. The van der Waals surface area contributed by atoms with Crippen LogP contribution in [-0.4, -0.2) is 29.3 Å². The predicted octanol–water partition coefficient (Wildman–Crippen LogP) is 4.35. The fourth-order valence-corrected chi connectivity index (χ4v) is 3.10. The monoisotopic (exact) mass is 369 g/mol. The molecule has 0 aliphatic carbocycles. The highest BCUT2D eigenvalue weighted by atomic mass is 16.6. The van der Waals surface area contributed by atoms with E-state index in [1.165, 1.54) is 6.07 Å². The number of nitro benzene ring substituents is 1. The second kappa shape index (κ2) is 9.28. The first-order valence-electron chi connectivity index (χ1n) is 9.22.